The molecule has 0 fully saturated rings. The summed E-state index contributed by atoms with van der Waals surface area (Å²) in [5.74, 6) is 0. The molecule has 0 bridgehead atoms. The fourth-order valence-corrected chi connectivity index (χ4v) is 2.97. The highest BCUT2D eigenvalue weighted by Gasteiger charge is 2.09. The van der Waals surface area contributed by atoms with Crippen LogP contribution in [0.15, 0.2) is 36.7 Å². The van der Waals surface area contributed by atoms with Crippen molar-refractivity contribution in [3.8, 4) is 11.3 Å². The van der Waals surface area contributed by atoms with Gasteiger partial charge in [-0.15, -0.1) is 0 Å². The molecular weight excluding hydrogens is 258 g/mol. The maximum Gasteiger partial charge on any atom is 0.153 e. The average molecular weight is 275 g/mol. The third-order valence-corrected chi connectivity index (χ3v) is 4.10. The third kappa shape index (κ3) is 2.05. The van der Waals surface area contributed by atoms with Crippen molar-refractivity contribution in [3.05, 3.63) is 52.7 Å². The smallest absolute Gasteiger partial charge is 0.153 e. The number of hydrogen-bond donors (Lipinski definition) is 0. The molecule has 0 spiro atoms. The van der Waals surface area contributed by atoms with Crippen molar-refractivity contribution in [1.29, 1.82) is 0 Å². The Morgan fingerprint density at radius 1 is 1.10 bits per heavy atom. The maximum atomic E-state index is 4.76. The molecule has 0 amide bonds. The quantitative estimate of drug-likeness (QED) is 0.718. The number of fused-ring (bicyclic) bond motifs is 2. The van der Waals surface area contributed by atoms with Crippen molar-refractivity contribution in [2.24, 2.45) is 0 Å². The second-order valence-corrected chi connectivity index (χ2v) is 5.43. The van der Waals surface area contributed by atoms with Gasteiger partial charge in [0.05, 0.1) is 5.69 Å². The molecule has 0 aliphatic heterocycles. The first-order valence-corrected chi connectivity index (χ1v) is 7.49. The summed E-state index contributed by atoms with van der Waals surface area (Å²) >= 11 is 0. The molecule has 1 aliphatic carbocycles. The molecule has 3 aromatic rings. The van der Waals surface area contributed by atoms with Crippen molar-refractivity contribution in [3.63, 3.8) is 0 Å². The van der Waals surface area contributed by atoms with Gasteiger partial charge >= 0.3 is 0 Å². The van der Waals surface area contributed by atoms with Gasteiger partial charge in [0.15, 0.2) is 5.65 Å². The predicted octanol–water partition coefficient (Wildman–Crippen LogP) is 2.31. The van der Waals surface area contributed by atoms with Crippen LogP contribution >= 0.6 is 0 Å². The first-order valence-electron chi connectivity index (χ1n) is 7.49. The van der Waals surface area contributed by atoms with Gasteiger partial charge < -0.3 is 0 Å². The van der Waals surface area contributed by atoms with E-state index in [1.807, 2.05) is 10.7 Å². The highest BCUT2D eigenvalue weighted by atomic mass is 15.2. The van der Waals surface area contributed by atoms with E-state index in [-0.39, 0.29) is 0 Å². The molecule has 104 valence electrons. The van der Waals surface area contributed by atoms with E-state index in [2.05, 4.69) is 48.3 Å². The van der Waals surface area contributed by atoms with Gasteiger partial charge in [-0.05, 0) is 47.4 Å². The van der Waals surface area contributed by atoms with Crippen LogP contribution in [0.1, 0.15) is 25.3 Å². The lowest BCUT2D eigenvalue weighted by Crippen LogP contribution is -2.26. The molecule has 0 N–H and O–H groups in total. The zero-order chi connectivity index (χ0) is 14.2. The van der Waals surface area contributed by atoms with Gasteiger partial charge in [-0.1, -0.05) is 31.2 Å². The number of benzene rings is 1. The van der Waals surface area contributed by atoms with Crippen molar-refractivity contribution >= 4 is 17.8 Å². The molecule has 0 radical (unpaired) electrons. The van der Waals surface area contributed by atoms with Crippen molar-refractivity contribution in [2.45, 2.75) is 26.2 Å². The van der Waals surface area contributed by atoms with E-state index < -0.39 is 0 Å². The number of hydrogen-bond acceptors (Lipinski definition) is 2. The minimum absolute atomic E-state index is 0.911. The molecule has 1 aliphatic rings. The Labute approximate surface area is 123 Å². The summed E-state index contributed by atoms with van der Waals surface area (Å²) in [7, 11) is 0. The second kappa shape index (κ2) is 4.85. The number of aryl methyl sites for hydroxylation is 1. The Balaban J connectivity index is 1.97. The van der Waals surface area contributed by atoms with Crippen LogP contribution in [0.4, 0.5) is 0 Å². The molecule has 0 unspecified atom stereocenters. The van der Waals surface area contributed by atoms with Gasteiger partial charge in [0.1, 0.15) is 0 Å². The Kier molecular flexibility index (Phi) is 2.85. The summed E-state index contributed by atoms with van der Waals surface area (Å²) < 4.78 is 1.85. The summed E-state index contributed by atoms with van der Waals surface area (Å²) in [6.45, 7) is 2.16. The number of aromatic nitrogens is 3. The third-order valence-electron chi connectivity index (χ3n) is 4.10. The number of rotatable bonds is 2. The Hall–Kier alpha value is -2.42. The minimum atomic E-state index is 0.911. The van der Waals surface area contributed by atoms with Crippen LogP contribution in [0.2, 0.25) is 0 Å². The van der Waals surface area contributed by atoms with Crippen LogP contribution in [-0.4, -0.2) is 14.6 Å². The van der Waals surface area contributed by atoms with E-state index in [9.17, 15) is 0 Å². The first-order chi connectivity index (χ1) is 10.3. The number of nitrogens with zero attached hydrogens (tertiary/aromatic N) is 3. The molecule has 0 atom stereocenters. The largest absolute Gasteiger partial charge is 0.236 e. The summed E-state index contributed by atoms with van der Waals surface area (Å²) in [6.07, 6.45) is 11.6. The van der Waals surface area contributed by atoms with Crippen molar-refractivity contribution in [1.82, 2.24) is 14.6 Å². The van der Waals surface area contributed by atoms with Gasteiger partial charge in [0.2, 0.25) is 0 Å². The zero-order valence-corrected chi connectivity index (χ0v) is 12.1. The van der Waals surface area contributed by atoms with Gasteiger partial charge in [0, 0.05) is 18.0 Å². The Morgan fingerprint density at radius 3 is 2.81 bits per heavy atom. The Bertz CT molecular complexity index is 935. The summed E-state index contributed by atoms with van der Waals surface area (Å²) in [4.78, 5) is 4.32. The van der Waals surface area contributed by atoms with E-state index in [1.54, 1.807) is 6.20 Å². The first kappa shape index (κ1) is 12.3. The molecule has 2 heterocycles. The van der Waals surface area contributed by atoms with Crippen LogP contribution in [0.25, 0.3) is 29.1 Å². The monoisotopic (exact) mass is 275 g/mol. The van der Waals surface area contributed by atoms with Gasteiger partial charge in [-0.25, -0.2) is 9.50 Å². The lowest BCUT2D eigenvalue weighted by Gasteiger charge is -2.09. The van der Waals surface area contributed by atoms with E-state index in [0.717, 1.165) is 30.6 Å². The lowest BCUT2D eigenvalue weighted by molar-refractivity contribution is 0.920. The van der Waals surface area contributed by atoms with Crippen LogP contribution in [0.5, 0.6) is 0 Å². The van der Waals surface area contributed by atoms with Crippen molar-refractivity contribution < 1.29 is 0 Å². The molecule has 3 nitrogen and oxygen atoms in total. The van der Waals surface area contributed by atoms with E-state index in [4.69, 9.17) is 5.10 Å². The molecule has 0 saturated heterocycles. The molecule has 1 aromatic carbocycles. The molecular formula is C18H17N3. The van der Waals surface area contributed by atoms with Gasteiger partial charge in [-0.3, -0.25) is 0 Å². The van der Waals surface area contributed by atoms with Crippen LogP contribution in [0, 0.1) is 0 Å². The maximum absolute atomic E-state index is 4.76. The molecule has 4 rings (SSSR count). The zero-order valence-electron chi connectivity index (χ0n) is 12.1. The predicted molar refractivity (Wildman–Crippen MR) is 85.2 cm³/mol. The van der Waals surface area contributed by atoms with Crippen LogP contribution in [0.3, 0.4) is 0 Å². The molecule has 2 aromatic heterocycles. The van der Waals surface area contributed by atoms with Gasteiger partial charge in [-0.2, -0.15) is 5.10 Å². The van der Waals surface area contributed by atoms with E-state index in [0.29, 0.717) is 0 Å². The lowest BCUT2D eigenvalue weighted by atomic mass is 10.0. The SMILES string of the molecule is CCc1cc2nccn2nc1-c1ccc2c(c1)=CCCC=2. The fourth-order valence-electron chi connectivity index (χ4n) is 2.97. The van der Waals surface area contributed by atoms with Crippen LogP contribution in [-0.2, 0) is 6.42 Å². The van der Waals surface area contributed by atoms with Crippen LogP contribution < -0.4 is 10.4 Å². The highest BCUT2D eigenvalue weighted by molar-refractivity contribution is 5.65. The molecule has 0 saturated carbocycles. The summed E-state index contributed by atoms with van der Waals surface area (Å²) in [6, 6.07) is 8.78. The van der Waals surface area contributed by atoms with Crippen molar-refractivity contribution in [2.75, 3.05) is 0 Å². The molecule has 21 heavy (non-hydrogen) atoms. The van der Waals surface area contributed by atoms with E-state index in [1.165, 1.54) is 21.6 Å². The topological polar surface area (TPSA) is 30.2 Å². The number of imidazole rings is 1. The Morgan fingerprint density at radius 2 is 1.95 bits per heavy atom. The van der Waals surface area contributed by atoms with E-state index >= 15 is 0 Å². The van der Waals surface area contributed by atoms with Gasteiger partial charge in [0.25, 0.3) is 0 Å². The summed E-state index contributed by atoms with van der Waals surface area (Å²) in [5.41, 5.74) is 4.40. The standard InChI is InChI=1S/C18H17N3/c1-2-13-12-17-19-9-10-21(17)20-18(13)16-8-7-14-5-3-4-6-15(14)11-16/h5-12H,2-4H2,1H3. The normalized spacial score (nSPS) is 13.6. The molecule has 3 heteroatoms. The summed E-state index contributed by atoms with van der Waals surface area (Å²) in [5, 5.41) is 7.42. The second-order valence-electron chi connectivity index (χ2n) is 5.43. The highest BCUT2D eigenvalue weighted by Crippen LogP contribution is 2.21. The fraction of sp³-hybridized carbons (Fsp3) is 0.222. The minimum Gasteiger partial charge on any atom is -0.236 e. The average Bonchev–Trinajstić information content (AvgIpc) is 3.00.